The second-order valence-electron chi connectivity index (χ2n) is 3.89. The summed E-state index contributed by atoms with van der Waals surface area (Å²) in [5.41, 5.74) is 1.80. The Morgan fingerprint density at radius 1 is 1.16 bits per heavy atom. The summed E-state index contributed by atoms with van der Waals surface area (Å²) in [4.78, 5) is 16.8. The summed E-state index contributed by atoms with van der Waals surface area (Å²) < 4.78 is 0. The van der Waals surface area contributed by atoms with Gasteiger partial charge in [-0.2, -0.15) is 0 Å². The van der Waals surface area contributed by atoms with Crippen LogP contribution in [0.5, 0.6) is 0 Å². The van der Waals surface area contributed by atoms with Gasteiger partial charge in [-0.15, -0.1) is 11.8 Å². The fraction of sp³-hybridized carbons (Fsp3) is 0.143. The number of carbonyl (C=O) groups excluding carboxylic acids is 1. The molecule has 98 valence electrons. The maximum Gasteiger partial charge on any atom is 0.319 e. The third-order valence-corrected chi connectivity index (χ3v) is 3.29. The number of carbonyl (C=O) groups is 1. The van der Waals surface area contributed by atoms with E-state index in [-0.39, 0.29) is 6.03 Å². The Morgan fingerprint density at radius 3 is 2.47 bits per heavy atom. The minimum absolute atomic E-state index is 0.214. The van der Waals surface area contributed by atoms with Gasteiger partial charge in [0.05, 0.1) is 0 Å². The number of pyridine rings is 1. The number of hydrogen-bond donors (Lipinski definition) is 2. The number of aromatic nitrogens is 1. The van der Waals surface area contributed by atoms with Crippen LogP contribution >= 0.6 is 11.8 Å². The molecule has 0 aliphatic rings. The number of nitrogens with one attached hydrogen (secondary N) is 2. The van der Waals surface area contributed by atoms with Crippen LogP contribution in [0.1, 0.15) is 5.56 Å². The topological polar surface area (TPSA) is 54.0 Å². The molecule has 2 aromatic rings. The highest BCUT2D eigenvalue weighted by Crippen LogP contribution is 2.17. The molecule has 1 aromatic heterocycles. The predicted octanol–water partition coefficient (Wildman–Crippen LogP) is 3.13. The van der Waals surface area contributed by atoms with E-state index in [4.69, 9.17) is 0 Å². The molecule has 1 aromatic carbocycles. The van der Waals surface area contributed by atoms with E-state index >= 15 is 0 Å². The van der Waals surface area contributed by atoms with Crippen LogP contribution in [0.15, 0.2) is 53.7 Å². The zero-order valence-corrected chi connectivity index (χ0v) is 11.4. The minimum Gasteiger partial charge on any atom is -0.334 e. The second-order valence-corrected chi connectivity index (χ2v) is 4.77. The largest absolute Gasteiger partial charge is 0.334 e. The Balaban J connectivity index is 1.83. The third kappa shape index (κ3) is 4.30. The highest BCUT2D eigenvalue weighted by Gasteiger charge is 2.01. The fourth-order valence-corrected chi connectivity index (χ4v) is 1.94. The van der Waals surface area contributed by atoms with Gasteiger partial charge in [0.1, 0.15) is 0 Å². The molecular weight excluding hydrogens is 258 g/mol. The number of nitrogens with zero attached hydrogens (tertiary/aromatic N) is 1. The van der Waals surface area contributed by atoms with E-state index in [2.05, 4.69) is 15.6 Å². The summed E-state index contributed by atoms with van der Waals surface area (Å²) in [6.07, 6.45) is 5.43. The molecule has 0 bridgehead atoms. The zero-order valence-electron chi connectivity index (χ0n) is 10.6. The second kappa shape index (κ2) is 6.80. The number of hydrogen-bond acceptors (Lipinski definition) is 3. The SMILES string of the molecule is CSc1ccc(NC(=O)NCc2ccncc2)cc1. The predicted molar refractivity (Wildman–Crippen MR) is 78.3 cm³/mol. The number of benzene rings is 1. The third-order valence-electron chi connectivity index (χ3n) is 2.55. The monoisotopic (exact) mass is 273 g/mol. The standard InChI is InChI=1S/C14H15N3OS/c1-19-13-4-2-12(3-5-13)17-14(18)16-10-11-6-8-15-9-7-11/h2-9H,10H2,1H3,(H2,16,17,18). The lowest BCUT2D eigenvalue weighted by Gasteiger charge is -2.08. The molecule has 0 fully saturated rings. The van der Waals surface area contributed by atoms with Crippen LogP contribution < -0.4 is 10.6 Å². The number of rotatable bonds is 4. The smallest absolute Gasteiger partial charge is 0.319 e. The van der Waals surface area contributed by atoms with Gasteiger partial charge in [-0.1, -0.05) is 0 Å². The van der Waals surface area contributed by atoms with Gasteiger partial charge in [0.2, 0.25) is 0 Å². The van der Waals surface area contributed by atoms with Gasteiger partial charge in [-0.3, -0.25) is 4.98 Å². The molecule has 2 rings (SSSR count). The van der Waals surface area contributed by atoms with E-state index in [1.807, 2.05) is 42.7 Å². The Bertz CT molecular complexity index is 528. The molecule has 0 saturated carbocycles. The van der Waals surface area contributed by atoms with Gasteiger partial charge < -0.3 is 10.6 Å². The first-order valence-corrected chi connectivity index (χ1v) is 7.08. The van der Waals surface area contributed by atoms with Crippen LogP contribution in [0.2, 0.25) is 0 Å². The Labute approximate surface area is 116 Å². The van der Waals surface area contributed by atoms with E-state index in [0.717, 1.165) is 11.3 Å². The Kier molecular flexibility index (Phi) is 4.80. The average molecular weight is 273 g/mol. The lowest BCUT2D eigenvalue weighted by atomic mass is 10.3. The molecule has 0 aliphatic heterocycles. The van der Waals surface area contributed by atoms with Crippen molar-refractivity contribution in [3.05, 3.63) is 54.4 Å². The fourth-order valence-electron chi connectivity index (χ4n) is 1.53. The van der Waals surface area contributed by atoms with Crippen molar-refractivity contribution in [1.82, 2.24) is 10.3 Å². The van der Waals surface area contributed by atoms with Crippen molar-refractivity contribution < 1.29 is 4.79 Å². The minimum atomic E-state index is -0.214. The van der Waals surface area contributed by atoms with Crippen LogP contribution in [-0.4, -0.2) is 17.3 Å². The molecule has 2 amide bonds. The van der Waals surface area contributed by atoms with Crippen LogP contribution in [0.25, 0.3) is 0 Å². The molecule has 19 heavy (non-hydrogen) atoms. The van der Waals surface area contributed by atoms with E-state index in [0.29, 0.717) is 6.54 Å². The van der Waals surface area contributed by atoms with E-state index in [9.17, 15) is 4.79 Å². The van der Waals surface area contributed by atoms with Crippen molar-refractivity contribution in [3.8, 4) is 0 Å². The molecular formula is C14H15N3OS. The summed E-state index contributed by atoms with van der Waals surface area (Å²) in [5.74, 6) is 0. The van der Waals surface area contributed by atoms with Gasteiger partial charge in [0, 0.05) is 29.5 Å². The van der Waals surface area contributed by atoms with E-state index in [1.165, 1.54) is 4.90 Å². The molecule has 1 heterocycles. The summed E-state index contributed by atoms with van der Waals surface area (Å²) in [6.45, 7) is 0.483. The molecule has 0 saturated heterocycles. The first kappa shape index (κ1) is 13.4. The van der Waals surface area contributed by atoms with Crippen molar-refractivity contribution >= 4 is 23.5 Å². The van der Waals surface area contributed by atoms with Gasteiger partial charge >= 0.3 is 6.03 Å². The van der Waals surface area contributed by atoms with Gasteiger partial charge in [-0.25, -0.2) is 4.79 Å². The van der Waals surface area contributed by atoms with Gasteiger partial charge in [0.25, 0.3) is 0 Å². The lowest BCUT2D eigenvalue weighted by Crippen LogP contribution is -2.28. The molecule has 0 aliphatic carbocycles. The van der Waals surface area contributed by atoms with Crippen molar-refractivity contribution in [2.45, 2.75) is 11.4 Å². The van der Waals surface area contributed by atoms with Crippen molar-refractivity contribution in [2.75, 3.05) is 11.6 Å². The highest BCUT2D eigenvalue weighted by atomic mass is 32.2. The Morgan fingerprint density at radius 2 is 1.84 bits per heavy atom. The number of thioether (sulfide) groups is 1. The van der Waals surface area contributed by atoms with E-state index in [1.54, 1.807) is 24.2 Å². The van der Waals surface area contributed by atoms with Crippen molar-refractivity contribution in [1.29, 1.82) is 0 Å². The first-order chi connectivity index (χ1) is 9.28. The first-order valence-electron chi connectivity index (χ1n) is 5.86. The summed E-state index contributed by atoms with van der Waals surface area (Å²) in [6, 6.07) is 11.2. The average Bonchev–Trinajstić information content (AvgIpc) is 2.47. The number of amides is 2. The Hall–Kier alpha value is -2.01. The molecule has 5 heteroatoms. The normalized spacial score (nSPS) is 9.95. The molecule has 0 atom stereocenters. The summed E-state index contributed by atoms with van der Waals surface area (Å²) in [5, 5.41) is 5.58. The van der Waals surface area contributed by atoms with Crippen LogP contribution in [0.3, 0.4) is 0 Å². The lowest BCUT2D eigenvalue weighted by molar-refractivity contribution is 0.251. The van der Waals surface area contributed by atoms with E-state index < -0.39 is 0 Å². The van der Waals surface area contributed by atoms with Crippen molar-refractivity contribution in [2.24, 2.45) is 0 Å². The summed E-state index contributed by atoms with van der Waals surface area (Å²) in [7, 11) is 0. The van der Waals surface area contributed by atoms with Gasteiger partial charge in [0.15, 0.2) is 0 Å². The van der Waals surface area contributed by atoms with Crippen LogP contribution in [-0.2, 0) is 6.54 Å². The molecule has 0 unspecified atom stereocenters. The number of urea groups is 1. The quantitative estimate of drug-likeness (QED) is 0.841. The molecule has 2 N–H and O–H groups in total. The maximum atomic E-state index is 11.7. The maximum absolute atomic E-state index is 11.7. The molecule has 4 nitrogen and oxygen atoms in total. The summed E-state index contributed by atoms with van der Waals surface area (Å²) >= 11 is 1.67. The van der Waals surface area contributed by atoms with Crippen molar-refractivity contribution in [3.63, 3.8) is 0 Å². The molecule has 0 spiro atoms. The number of anilines is 1. The zero-order chi connectivity index (χ0) is 13.5. The van der Waals surface area contributed by atoms with Crippen LogP contribution in [0, 0.1) is 0 Å². The van der Waals surface area contributed by atoms with Gasteiger partial charge in [-0.05, 0) is 48.2 Å². The highest BCUT2D eigenvalue weighted by molar-refractivity contribution is 7.98. The van der Waals surface area contributed by atoms with Crippen LogP contribution in [0.4, 0.5) is 10.5 Å². The molecule has 0 radical (unpaired) electrons.